The van der Waals surface area contributed by atoms with Gasteiger partial charge in [0.15, 0.2) is 0 Å². The first-order valence-corrected chi connectivity index (χ1v) is 6.59. The van der Waals surface area contributed by atoms with Crippen LogP contribution in [0.5, 0.6) is 0 Å². The average molecular weight is 277 g/mol. The molecule has 114 valence electrons. The van der Waals surface area contributed by atoms with E-state index in [1.165, 1.54) is 0 Å². The molecule has 0 aromatic carbocycles. The van der Waals surface area contributed by atoms with Crippen molar-refractivity contribution in [2.24, 2.45) is 5.73 Å². The Bertz CT molecular complexity index is 240. The molecule has 0 amide bonds. The fourth-order valence-electron chi connectivity index (χ4n) is 1.23. The zero-order valence-electron chi connectivity index (χ0n) is 12.4. The molecule has 0 aliphatic rings. The van der Waals surface area contributed by atoms with Crippen molar-refractivity contribution >= 4 is 5.97 Å². The monoisotopic (exact) mass is 277 g/mol. The molecular formula is C13H27NO5. The molecule has 0 heterocycles. The Hall–Kier alpha value is -0.690. The lowest BCUT2D eigenvalue weighted by Crippen LogP contribution is -2.30. The molecule has 6 heteroatoms. The molecule has 0 saturated heterocycles. The number of rotatable bonds is 10. The Labute approximate surface area is 115 Å². The number of nitrogens with two attached hydrogens (primary N) is 1. The minimum atomic E-state index is -0.449. The van der Waals surface area contributed by atoms with Crippen LogP contribution in [0.3, 0.4) is 0 Å². The molecule has 6 nitrogen and oxygen atoms in total. The first kappa shape index (κ1) is 18.3. The van der Waals surface area contributed by atoms with Gasteiger partial charge in [-0.3, -0.25) is 4.79 Å². The van der Waals surface area contributed by atoms with E-state index >= 15 is 0 Å². The van der Waals surface area contributed by atoms with Crippen LogP contribution in [0.1, 0.15) is 34.1 Å². The molecule has 0 aliphatic heterocycles. The fraction of sp³-hybridized carbons (Fsp3) is 0.923. The van der Waals surface area contributed by atoms with Crippen LogP contribution in [0.25, 0.3) is 0 Å². The van der Waals surface area contributed by atoms with Crippen LogP contribution in [-0.2, 0) is 23.7 Å². The van der Waals surface area contributed by atoms with Crippen LogP contribution < -0.4 is 5.73 Å². The summed E-state index contributed by atoms with van der Waals surface area (Å²) in [4.78, 5) is 11.3. The van der Waals surface area contributed by atoms with Crippen molar-refractivity contribution in [3.63, 3.8) is 0 Å². The summed E-state index contributed by atoms with van der Waals surface area (Å²) in [6.45, 7) is 9.45. The largest absolute Gasteiger partial charge is 0.460 e. The molecule has 0 radical (unpaired) electrons. The highest BCUT2D eigenvalue weighted by atomic mass is 16.6. The average Bonchev–Trinajstić information content (AvgIpc) is 2.25. The molecule has 0 fully saturated rings. The van der Waals surface area contributed by atoms with E-state index in [1.807, 2.05) is 27.7 Å². The van der Waals surface area contributed by atoms with Crippen molar-refractivity contribution in [2.45, 2.75) is 45.9 Å². The number of carbonyl (C=O) groups excluding carboxylic acids is 1. The minimum Gasteiger partial charge on any atom is -0.460 e. The van der Waals surface area contributed by atoms with E-state index in [2.05, 4.69) is 0 Å². The molecule has 1 unspecified atom stereocenters. The topological polar surface area (TPSA) is 80.0 Å². The van der Waals surface area contributed by atoms with Gasteiger partial charge >= 0.3 is 5.97 Å². The molecule has 19 heavy (non-hydrogen) atoms. The van der Waals surface area contributed by atoms with Crippen molar-refractivity contribution in [3.05, 3.63) is 0 Å². The lowest BCUT2D eigenvalue weighted by Gasteiger charge is -2.19. The third-order valence-corrected chi connectivity index (χ3v) is 1.91. The Morgan fingerprint density at radius 1 is 1.16 bits per heavy atom. The lowest BCUT2D eigenvalue weighted by molar-refractivity contribution is -0.156. The second-order valence-electron chi connectivity index (χ2n) is 5.02. The van der Waals surface area contributed by atoms with Crippen molar-refractivity contribution in [1.29, 1.82) is 0 Å². The van der Waals surface area contributed by atoms with Gasteiger partial charge in [0, 0.05) is 6.61 Å². The van der Waals surface area contributed by atoms with Gasteiger partial charge in [0.25, 0.3) is 0 Å². The number of hydrogen-bond acceptors (Lipinski definition) is 6. The maximum atomic E-state index is 11.3. The normalized spacial score (nSPS) is 13.3. The highest BCUT2D eigenvalue weighted by molar-refractivity contribution is 5.69. The molecule has 0 aliphatic carbocycles. The molecule has 0 bridgehead atoms. The summed E-state index contributed by atoms with van der Waals surface area (Å²) in [5.74, 6) is -0.258. The van der Waals surface area contributed by atoms with Crippen LogP contribution in [0.15, 0.2) is 0 Å². The van der Waals surface area contributed by atoms with E-state index < -0.39 is 11.8 Å². The summed E-state index contributed by atoms with van der Waals surface area (Å²) in [6.07, 6.45) is -0.151. The maximum Gasteiger partial charge on any atom is 0.308 e. The van der Waals surface area contributed by atoms with E-state index in [9.17, 15) is 4.79 Å². The third kappa shape index (κ3) is 13.5. The summed E-state index contributed by atoms with van der Waals surface area (Å²) in [6, 6.07) is 0. The summed E-state index contributed by atoms with van der Waals surface area (Å²) >= 11 is 0. The quantitative estimate of drug-likeness (QED) is 0.365. The Morgan fingerprint density at radius 3 is 2.37 bits per heavy atom. The molecule has 0 rings (SSSR count). The second kappa shape index (κ2) is 10.1. The number of esters is 1. The SMILES string of the molecule is CCOC(N)COCCOCCC(=O)OC(C)(C)C. The first-order valence-electron chi connectivity index (χ1n) is 6.59. The Balaban J connectivity index is 3.34. The van der Waals surface area contributed by atoms with Crippen molar-refractivity contribution in [3.8, 4) is 0 Å². The number of hydrogen-bond donors (Lipinski definition) is 1. The highest BCUT2D eigenvalue weighted by Crippen LogP contribution is 2.07. The highest BCUT2D eigenvalue weighted by Gasteiger charge is 2.15. The van der Waals surface area contributed by atoms with Gasteiger partial charge in [-0.2, -0.15) is 0 Å². The Kier molecular flexibility index (Phi) is 9.77. The van der Waals surface area contributed by atoms with E-state index in [0.29, 0.717) is 33.0 Å². The van der Waals surface area contributed by atoms with Gasteiger partial charge in [-0.15, -0.1) is 0 Å². The van der Waals surface area contributed by atoms with Crippen molar-refractivity contribution in [2.75, 3.05) is 33.0 Å². The second-order valence-corrected chi connectivity index (χ2v) is 5.02. The van der Waals surface area contributed by atoms with Crippen LogP contribution in [0.2, 0.25) is 0 Å². The van der Waals surface area contributed by atoms with Crippen LogP contribution >= 0.6 is 0 Å². The number of carbonyl (C=O) groups is 1. The summed E-state index contributed by atoms with van der Waals surface area (Å²) in [7, 11) is 0. The molecule has 0 aromatic heterocycles. The van der Waals surface area contributed by atoms with Crippen molar-refractivity contribution < 1.29 is 23.7 Å². The molecular weight excluding hydrogens is 250 g/mol. The van der Waals surface area contributed by atoms with Gasteiger partial charge in [-0.25, -0.2) is 0 Å². The van der Waals surface area contributed by atoms with E-state index in [-0.39, 0.29) is 12.4 Å². The summed E-state index contributed by atoms with van der Waals surface area (Å²) in [5.41, 5.74) is 5.13. The standard InChI is InChI=1S/C13H27NO5/c1-5-18-11(14)10-17-9-8-16-7-6-12(15)19-13(2,3)4/h11H,5-10,14H2,1-4H3. The molecule has 0 aromatic rings. The molecule has 0 saturated carbocycles. The predicted molar refractivity (Wildman–Crippen MR) is 71.7 cm³/mol. The smallest absolute Gasteiger partial charge is 0.308 e. The van der Waals surface area contributed by atoms with Gasteiger partial charge in [0.1, 0.15) is 11.8 Å². The maximum absolute atomic E-state index is 11.3. The fourth-order valence-corrected chi connectivity index (χ4v) is 1.23. The van der Waals surface area contributed by atoms with Gasteiger partial charge < -0.3 is 24.7 Å². The van der Waals surface area contributed by atoms with Gasteiger partial charge in [0.05, 0.1) is 32.8 Å². The van der Waals surface area contributed by atoms with E-state index in [0.717, 1.165) is 0 Å². The van der Waals surface area contributed by atoms with Crippen LogP contribution in [0, 0.1) is 0 Å². The zero-order valence-corrected chi connectivity index (χ0v) is 12.4. The van der Waals surface area contributed by atoms with Crippen molar-refractivity contribution in [1.82, 2.24) is 0 Å². The van der Waals surface area contributed by atoms with Gasteiger partial charge in [-0.05, 0) is 27.7 Å². The first-order chi connectivity index (χ1) is 8.85. The molecule has 0 spiro atoms. The zero-order chi connectivity index (χ0) is 14.7. The minimum absolute atomic E-state index is 0.246. The predicted octanol–water partition coefficient (Wildman–Crippen LogP) is 1.07. The summed E-state index contributed by atoms with van der Waals surface area (Å²) < 4.78 is 20.7. The van der Waals surface area contributed by atoms with Gasteiger partial charge in [-0.1, -0.05) is 0 Å². The van der Waals surface area contributed by atoms with Crippen LogP contribution in [0.4, 0.5) is 0 Å². The Morgan fingerprint density at radius 2 is 1.79 bits per heavy atom. The van der Waals surface area contributed by atoms with E-state index in [1.54, 1.807) is 0 Å². The van der Waals surface area contributed by atoms with Gasteiger partial charge in [0.2, 0.25) is 0 Å². The molecule has 1 atom stereocenters. The lowest BCUT2D eigenvalue weighted by atomic mass is 10.2. The third-order valence-electron chi connectivity index (χ3n) is 1.91. The summed E-state index contributed by atoms with van der Waals surface area (Å²) in [5, 5.41) is 0. The molecule has 2 N–H and O–H groups in total. The van der Waals surface area contributed by atoms with Crippen LogP contribution in [-0.4, -0.2) is 50.8 Å². The van der Waals surface area contributed by atoms with E-state index in [4.69, 9.17) is 24.7 Å². The number of ether oxygens (including phenoxy) is 4.